The molecule has 1 rings (SSSR count). The van der Waals surface area contributed by atoms with E-state index in [-0.39, 0.29) is 11.8 Å². The van der Waals surface area contributed by atoms with Gasteiger partial charge in [0.2, 0.25) is 5.91 Å². The number of hydrogen-bond acceptors (Lipinski definition) is 2. The molecule has 84 valence electrons. The lowest BCUT2D eigenvalue weighted by molar-refractivity contribution is -0.125. The fraction of sp³-hybridized carbons (Fsp3) is 0.909. The van der Waals surface area contributed by atoms with Crippen LogP contribution in [0.5, 0.6) is 0 Å². The Morgan fingerprint density at radius 2 is 1.57 bits per heavy atom. The minimum Gasteiger partial charge on any atom is -0.359 e. The van der Waals surface area contributed by atoms with Crippen LogP contribution < -0.4 is 10.6 Å². The van der Waals surface area contributed by atoms with Crippen molar-refractivity contribution in [3.05, 3.63) is 0 Å². The Hall–Kier alpha value is -0.570. The molecule has 0 aromatic heterocycles. The maximum absolute atomic E-state index is 11.2. The highest BCUT2D eigenvalue weighted by atomic mass is 16.1. The van der Waals surface area contributed by atoms with Crippen molar-refractivity contribution in [2.75, 3.05) is 14.1 Å². The molecule has 0 heterocycles. The molecule has 0 aromatic rings. The number of carbonyl (C=O) groups excluding carboxylic acids is 1. The van der Waals surface area contributed by atoms with Crippen LogP contribution in [0.15, 0.2) is 0 Å². The molecule has 0 unspecified atom stereocenters. The molecule has 0 radical (unpaired) electrons. The van der Waals surface area contributed by atoms with E-state index in [4.69, 9.17) is 0 Å². The van der Waals surface area contributed by atoms with Gasteiger partial charge in [-0.1, -0.05) is 13.8 Å². The minimum absolute atomic E-state index is 0.213. The summed E-state index contributed by atoms with van der Waals surface area (Å²) in [4.78, 5) is 11.2. The van der Waals surface area contributed by atoms with E-state index in [1.165, 1.54) is 0 Å². The normalized spacial score (nSPS) is 26.0. The smallest absolute Gasteiger partial charge is 0.222 e. The van der Waals surface area contributed by atoms with E-state index in [0.717, 1.165) is 25.7 Å². The van der Waals surface area contributed by atoms with Crippen LogP contribution in [0.2, 0.25) is 0 Å². The van der Waals surface area contributed by atoms with Gasteiger partial charge in [-0.15, -0.1) is 0 Å². The van der Waals surface area contributed by atoms with Gasteiger partial charge in [-0.25, -0.2) is 0 Å². The first kappa shape index (κ1) is 13.4. The van der Waals surface area contributed by atoms with Gasteiger partial charge in [0.15, 0.2) is 0 Å². The molecule has 0 atom stereocenters. The predicted molar refractivity (Wildman–Crippen MR) is 60.2 cm³/mol. The molecule has 3 heteroatoms. The van der Waals surface area contributed by atoms with Crippen molar-refractivity contribution >= 4 is 5.91 Å². The second-order valence-electron chi connectivity index (χ2n) is 3.45. The second-order valence-corrected chi connectivity index (χ2v) is 3.45. The average Bonchev–Trinajstić information content (AvgIpc) is 2.31. The maximum atomic E-state index is 11.2. The predicted octanol–water partition coefficient (Wildman–Crippen LogP) is 1.54. The van der Waals surface area contributed by atoms with Gasteiger partial charge < -0.3 is 10.6 Å². The van der Waals surface area contributed by atoms with Crippen LogP contribution in [0.1, 0.15) is 39.5 Å². The van der Waals surface area contributed by atoms with E-state index in [2.05, 4.69) is 10.6 Å². The SMILES string of the molecule is CC.CNC(=O)C1CCC(NC)CC1. The third kappa shape index (κ3) is 4.09. The molecule has 2 N–H and O–H groups in total. The van der Waals surface area contributed by atoms with E-state index < -0.39 is 0 Å². The molecule has 1 amide bonds. The zero-order chi connectivity index (χ0) is 11.0. The summed E-state index contributed by atoms with van der Waals surface area (Å²) in [6.45, 7) is 4.00. The number of carbonyl (C=O) groups is 1. The molecule has 0 aromatic carbocycles. The molecule has 0 bridgehead atoms. The topological polar surface area (TPSA) is 41.1 Å². The van der Waals surface area contributed by atoms with E-state index in [1.54, 1.807) is 7.05 Å². The van der Waals surface area contributed by atoms with Crippen LogP contribution in [0.4, 0.5) is 0 Å². The molecular weight excluding hydrogens is 176 g/mol. The van der Waals surface area contributed by atoms with E-state index in [1.807, 2.05) is 20.9 Å². The summed E-state index contributed by atoms with van der Waals surface area (Å²) in [6, 6.07) is 0.630. The van der Waals surface area contributed by atoms with Crippen molar-refractivity contribution in [1.29, 1.82) is 0 Å². The van der Waals surface area contributed by atoms with Crippen molar-refractivity contribution in [3.63, 3.8) is 0 Å². The van der Waals surface area contributed by atoms with Crippen LogP contribution in [-0.2, 0) is 4.79 Å². The Kier molecular flexibility index (Phi) is 7.48. The van der Waals surface area contributed by atoms with Crippen LogP contribution in [0, 0.1) is 5.92 Å². The lowest BCUT2D eigenvalue weighted by Crippen LogP contribution is -2.36. The van der Waals surface area contributed by atoms with Crippen molar-refractivity contribution in [3.8, 4) is 0 Å². The first-order valence-corrected chi connectivity index (χ1v) is 5.66. The van der Waals surface area contributed by atoms with Gasteiger partial charge in [-0.05, 0) is 32.7 Å². The highest BCUT2D eigenvalue weighted by Crippen LogP contribution is 2.23. The van der Waals surface area contributed by atoms with Crippen molar-refractivity contribution in [2.45, 2.75) is 45.6 Å². The highest BCUT2D eigenvalue weighted by molar-refractivity contribution is 5.78. The number of hydrogen-bond donors (Lipinski definition) is 2. The zero-order valence-electron chi connectivity index (χ0n) is 9.89. The molecule has 1 fully saturated rings. The van der Waals surface area contributed by atoms with E-state index >= 15 is 0 Å². The Balaban J connectivity index is 0.000000791. The van der Waals surface area contributed by atoms with E-state index in [0.29, 0.717) is 6.04 Å². The molecule has 1 saturated carbocycles. The number of amides is 1. The molecule has 3 nitrogen and oxygen atoms in total. The Morgan fingerprint density at radius 3 is 1.93 bits per heavy atom. The molecular formula is C11H24N2O. The monoisotopic (exact) mass is 200 g/mol. The molecule has 1 aliphatic rings. The van der Waals surface area contributed by atoms with Gasteiger partial charge in [0.25, 0.3) is 0 Å². The fourth-order valence-corrected chi connectivity index (χ4v) is 1.85. The molecule has 0 saturated heterocycles. The number of rotatable bonds is 2. The Bertz CT molecular complexity index is 151. The van der Waals surface area contributed by atoms with Crippen LogP contribution in [0.3, 0.4) is 0 Å². The van der Waals surface area contributed by atoms with Gasteiger partial charge in [-0.3, -0.25) is 4.79 Å². The zero-order valence-corrected chi connectivity index (χ0v) is 9.89. The standard InChI is InChI=1S/C9H18N2O.C2H6/c1-10-8-5-3-7(4-6-8)9(12)11-2;1-2/h7-8,10H,3-6H2,1-2H3,(H,11,12);1-2H3. The second kappa shape index (κ2) is 7.80. The van der Waals surface area contributed by atoms with Gasteiger partial charge in [0.05, 0.1) is 0 Å². The maximum Gasteiger partial charge on any atom is 0.222 e. The summed E-state index contributed by atoms with van der Waals surface area (Å²) >= 11 is 0. The Morgan fingerprint density at radius 1 is 1.07 bits per heavy atom. The average molecular weight is 200 g/mol. The summed E-state index contributed by atoms with van der Waals surface area (Å²) in [5.74, 6) is 0.476. The lowest BCUT2D eigenvalue weighted by Gasteiger charge is -2.26. The van der Waals surface area contributed by atoms with Gasteiger partial charge in [0.1, 0.15) is 0 Å². The summed E-state index contributed by atoms with van der Waals surface area (Å²) in [7, 11) is 3.71. The quantitative estimate of drug-likeness (QED) is 0.710. The minimum atomic E-state index is 0.213. The molecule has 1 aliphatic carbocycles. The van der Waals surface area contributed by atoms with Crippen LogP contribution in [0.25, 0.3) is 0 Å². The summed E-state index contributed by atoms with van der Waals surface area (Å²) in [5, 5.41) is 5.96. The van der Waals surface area contributed by atoms with Crippen LogP contribution >= 0.6 is 0 Å². The third-order valence-electron chi connectivity index (χ3n) is 2.75. The highest BCUT2D eigenvalue weighted by Gasteiger charge is 2.24. The summed E-state index contributed by atoms with van der Waals surface area (Å²) in [5.41, 5.74) is 0. The Labute approximate surface area is 87.6 Å². The van der Waals surface area contributed by atoms with Gasteiger partial charge in [-0.2, -0.15) is 0 Å². The largest absolute Gasteiger partial charge is 0.359 e. The number of nitrogens with one attached hydrogen (secondary N) is 2. The van der Waals surface area contributed by atoms with Gasteiger partial charge >= 0.3 is 0 Å². The first-order chi connectivity index (χ1) is 6.77. The van der Waals surface area contributed by atoms with Crippen molar-refractivity contribution in [2.24, 2.45) is 5.92 Å². The van der Waals surface area contributed by atoms with E-state index in [9.17, 15) is 4.79 Å². The fourth-order valence-electron chi connectivity index (χ4n) is 1.85. The lowest BCUT2D eigenvalue weighted by atomic mass is 9.85. The van der Waals surface area contributed by atoms with Gasteiger partial charge in [0, 0.05) is 19.0 Å². The first-order valence-electron chi connectivity index (χ1n) is 5.66. The summed E-state index contributed by atoms with van der Waals surface area (Å²) in [6.07, 6.45) is 4.33. The van der Waals surface area contributed by atoms with Crippen molar-refractivity contribution < 1.29 is 4.79 Å². The third-order valence-corrected chi connectivity index (χ3v) is 2.75. The molecule has 14 heavy (non-hydrogen) atoms. The molecule has 0 aliphatic heterocycles. The van der Waals surface area contributed by atoms with Crippen LogP contribution in [-0.4, -0.2) is 26.0 Å². The summed E-state index contributed by atoms with van der Waals surface area (Å²) < 4.78 is 0. The molecule has 0 spiro atoms. The van der Waals surface area contributed by atoms with Crippen molar-refractivity contribution in [1.82, 2.24) is 10.6 Å².